The molecule has 0 amide bonds. The van der Waals surface area contributed by atoms with Gasteiger partial charge in [0.05, 0.1) is 5.69 Å². The highest BCUT2D eigenvalue weighted by molar-refractivity contribution is 6.30. The molecule has 6 heteroatoms. The molecule has 0 saturated heterocycles. The molecule has 0 N–H and O–H groups in total. The van der Waals surface area contributed by atoms with Crippen molar-refractivity contribution in [2.75, 3.05) is 5.88 Å². The van der Waals surface area contributed by atoms with Crippen LogP contribution in [0, 0.1) is 25.2 Å². The molecule has 0 unspecified atom stereocenters. The summed E-state index contributed by atoms with van der Waals surface area (Å²) >= 11 is 12.0. The molecule has 4 nitrogen and oxygen atoms in total. The maximum Gasteiger partial charge on any atom is 0.175 e. The molecule has 0 atom stereocenters. The molecule has 0 radical (unpaired) electrons. The average molecular weight is 269 g/mol. The highest BCUT2D eigenvalue weighted by Crippen LogP contribution is 2.23. The lowest BCUT2D eigenvalue weighted by atomic mass is 10.2. The van der Waals surface area contributed by atoms with Crippen LogP contribution in [0.1, 0.15) is 22.5 Å². The third kappa shape index (κ3) is 1.86. The number of alkyl halides is 1. The van der Waals surface area contributed by atoms with E-state index in [1.54, 1.807) is 6.92 Å². The van der Waals surface area contributed by atoms with Crippen LogP contribution in [-0.4, -0.2) is 20.5 Å². The van der Waals surface area contributed by atoms with Crippen molar-refractivity contribution in [1.82, 2.24) is 14.6 Å². The smallest absolute Gasteiger partial charge is 0.175 e. The van der Waals surface area contributed by atoms with E-state index < -0.39 is 0 Å². The minimum Gasteiger partial charge on any atom is -0.232 e. The number of fused-ring (bicyclic) bond motifs is 1. The Kier molecular flexibility index (Phi) is 3.23. The number of hydrogen-bond acceptors (Lipinski definition) is 3. The van der Waals surface area contributed by atoms with Gasteiger partial charge in [-0.25, -0.2) is 9.50 Å². The zero-order valence-electron chi connectivity index (χ0n) is 9.46. The third-order valence-electron chi connectivity index (χ3n) is 2.64. The number of halogens is 2. The minimum atomic E-state index is 0.465. The van der Waals surface area contributed by atoms with Crippen molar-refractivity contribution in [3.63, 3.8) is 0 Å². The first-order chi connectivity index (χ1) is 8.10. The van der Waals surface area contributed by atoms with E-state index in [-0.39, 0.29) is 0 Å². The van der Waals surface area contributed by atoms with Gasteiger partial charge in [0.1, 0.15) is 16.8 Å². The van der Waals surface area contributed by atoms with Crippen molar-refractivity contribution in [3.05, 3.63) is 27.7 Å². The molecule has 17 heavy (non-hydrogen) atoms. The molecule has 0 saturated carbocycles. The molecule has 0 aliphatic rings. The van der Waals surface area contributed by atoms with Crippen LogP contribution in [0.5, 0.6) is 0 Å². The Hall–Kier alpha value is -1.31. The number of hydrogen-bond donors (Lipinski definition) is 0. The van der Waals surface area contributed by atoms with E-state index in [4.69, 9.17) is 28.5 Å². The van der Waals surface area contributed by atoms with Gasteiger partial charge in [0, 0.05) is 17.1 Å². The van der Waals surface area contributed by atoms with E-state index in [0.717, 1.165) is 11.3 Å². The van der Waals surface area contributed by atoms with Gasteiger partial charge in [-0.1, -0.05) is 11.6 Å². The number of rotatable bonds is 2. The molecule has 2 rings (SSSR count). The lowest BCUT2D eigenvalue weighted by molar-refractivity contribution is 0.882. The van der Waals surface area contributed by atoms with Crippen LogP contribution >= 0.6 is 23.2 Å². The van der Waals surface area contributed by atoms with E-state index in [0.29, 0.717) is 34.4 Å². The Morgan fingerprint density at radius 3 is 2.65 bits per heavy atom. The molecule has 2 aromatic heterocycles. The van der Waals surface area contributed by atoms with Crippen LogP contribution in [-0.2, 0) is 6.42 Å². The van der Waals surface area contributed by atoms with Crippen LogP contribution in [0.15, 0.2) is 0 Å². The van der Waals surface area contributed by atoms with Gasteiger partial charge >= 0.3 is 0 Å². The second kappa shape index (κ2) is 4.52. The van der Waals surface area contributed by atoms with Gasteiger partial charge in [0.15, 0.2) is 5.65 Å². The fourth-order valence-electron chi connectivity index (χ4n) is 1.77. The molecular formula is C11H10Cl2N4. The molecule has 88 valence electrons. The Morgan fingerprint density at radius 2 is 2.06 bits per heavy atom. The summed E-state index contributed by atoms with van der Waals surface area (Å²) in [7, 11) is 0. The normalized spacial score (nSPS) is 10.8. The van der Waals surface area contributed by atoms with E-state index in [1.165, 1.54) is 4.52 Å². The Balaban J connectivity index is 2.82. The SMILES string of the molecule is Cc1nc2c(C#N)c(C)nn2c(Cl)c1CCCl. The van der Waals surface area contributed by atoms with Crippen molar-refractivity contribution in [1.29, 1.82) is 5.26 Å². The summed E-state index contributed by atoms with van der Waals surface area (Å²) in [6, 6.07) is 2.09. The van der Waals surface area contributed by atoms with Crippen LogP contribution in [0.4, 0.5) is 0 Å². The summed E-state index contributed by atoms with van der Waals surface area (Å²) in [6.45, 7) is 3.62. The lowest BCUT2D eigenvalue weighted by Crippen LogP contribution is -2.03. The van der Waals surface area contributed by atoms with Crippen molar-refractivity contribution < 1.29 is 0 Å². The first kappa shape index (κ1) is 12.2. The molecule has 2 aromatic rings. The van der Waals surface area contributed by atoms with Crippen LogP contribution in [0.25, 0.3) is 5.65 Å². The van der Waals surface area contributed by atoms with Crippen LogP contribution in [0.2, 0.25) is 5.15 Å². The average Bonchev–Trinajstić information content (AvgIpc) is 2.60. The zero-order chi connectivity index (χ0) is 12.6. The Morgan fingerprint density at radius 1 is 1.35 bits per heavy atom. The molecule has 2 heterocycles. The monoisotopic (exact) mass is 268 g/mol. The fourth-order valence-corrected chi connectivity index (χ4v) is 2.31. The maximum atomic E-state index is 9.05. The molecule has 0 aliphatic heterocycles. The van der Waals surface area contributed by atoms with Crippen LogP contribution in [0.3, 0.4) is 0 Å². The van der Waals surface area contributed by atoms with E-state index in [2.05, 4.69) is 16.2 Å². The van der Waals surface area contributed by atoms with Gasteiger partial charge in [-0.05, 0) is 20.3 Å². The molecule has 0 fully saturated rings. The van der Waals surface area contributed by atoms with Gasteiger partial charge < -0.3 is 0 Å². The van der Waals surface area contributed by atoms with Crippen LogP contribution < -0.4 is 0 Å². The predicted octanol–water partition coefficient (Wildman–Crippen LogP) is 2.65. The molecule has 0 aliphatic carbocycles. The molecule has 0 aromatic carbocycles. The highest BCUT2D eigenvalue weighted by atomic mass is 35.5. The van der Waals surface area contributed by atoms with Gasteiger partial charge in [0.2, 0.25) is 0 Å². The summed E-state index contributed by atoms with van der Waals surface area (Å²) in [5, 5.41) is 13.8. The van der Waals surface area contributed by atoms with Gasteiger partial charge in [-0.15, -0.1) is 11.6 Å². The number of nitriles is 1. The first-order valence-corrected chi connectivity index (χ1v) is 6.01. The largest absolute Gasteiger partial charge is 0.232 e. The number of nitrogens with zero attached hydrogens (tertiary/aromatic N) is 4. The number of aryl methyl sites for hydroxylation is 2. The second-order valence-electron chi connectivity index (χ2n) is 3.71. The van der Waals surface area contributed by atoms with Gasteiger partial charge in [0.25, 0.3) is 0 Å². The maximum absolute atomic E-state index is 9.05. The molecule has 0 bridgehead atoms. The minimum absolute atomic E-state index is 0.465. The topological polar surface area (TPSA) is 54.0 Å². The van der Waals surface area contributed by atoms with Crippen molar-refractivity contribution in [2.24, 2.45) is 0 Å². The fraction of sp³-hybridized carbons (Fsp3) is 0.364. The summed E-state index contributed by atoms with van der Waals surface area (Å²) in [5.41, 5.74) is 3.27. The third-order valence-corrected chi connectivity index (χ3v) is 3.21. The summed E-state index contributed by atoms with van der Waals surface area (Å²) in [4.78, 5) is 4.38. The van der Waals surface area contributed by atoms with Crippen molar-refractivity contribution in [2.45, 2.75) is 20.3 Å². The lowest BCUT2D eigenvalue weighted by Gasteiger charge is -2.07. The number of aromatic nitrogens is 3. The van der Waals surface area contributed by atoms with Crippen molar-refractivity contribution in [3.8, 4) is 6.07 Å². The summed E-state index contributed by atoms with van der Waals surface area (Å²) < 4.78 is 1.50. The van der Waals surface area contributed by atoms with Gasteiger partial charge in [-0.3, -0.25) is 0 Å². The summed E-state index contributed by atoms with van der Waals surface area (Å²) in [6.07, 6.45) is 0.635. The van der Waals surface area contributed by atoms with E-state index >= 15 is 0 Å². The highest BCUT2D eigenvalue weighted by Gasteiger charge is 2.16. The zero-order valence-corrected chi connectivity index (χ0v) is 11.0. The second-order valence-corrected chi connectivity index (χ2v) is 4.45. The Bertz CT molecular complexity index is 625. The quantitative estimate of drug-likeness (QED) is 0.622. The molecular weight excluding hydrogens is 259 g/mol. The standard InChI is InChI=1S/C11H10Cl2N4/c1-6-8(3-4-12)10(13)17-11(15-6)9(5-14)7(2)16-17/h3-4H2,1-2H3. The van der Waals surface area contributed by atoms with E-state index in [9.17, 15) is 0 Å². The predicted molar refractivity (Wildman–Crippen MR) is 66.6 cm³/mol. The first-order valence-electron chi connectivity index (χ1n) is 5.10. The summed E-state index contributed by atoms with van der Waals surface area (Å²) in [5.74, 6) is 0.471. The van der Waals surface area contributed by atoms with Crippen molar-refractivity contribution >= 4 is 28.8 Å². The van der Waals surface area contributed by atoms with E-state index in [1.807, 2.05) is 6.92 Å². The Labute approximate surface area is 109 Å². The molecule has 0 spiro atoms. The van der Waals surface area contributed by atoms with Gasteiger partial charge in [-0.2, -0.15) is 10.4 Å².